The number of fused-ring (bicyclic) bond motifs is 2. The lowest BCUT2D eigenvalue weighted by Gasteiger charge is -2.56. The Hall–Kier alpha value is -0.830. The zero-order chi connectivity index (χ0) is 15.2. The molecule has 7 unspecified atom stereocenters. The molecule has 4 heteroatoms. The van der Waals surface area contributed by atoms with Crippen molar-refractivity contribution in [3.05, 3.63) is 12.2 Å². The molecule has 7 atom stereocenters. The van der Waals surface area contributed by atoms with Crippen LogP contribution in [0.25, 0.3) is 0 Å². The summed E-state index contributed by atoms with van der Waals surface area (Å²) in [6, 6.07) is 0. The normalized spacial score (nSPS) is 51.4. The van der Waals surface area contributed by atoms with Crippen molar-refractivity contribution in [1.82, 2.24) is 4.90 Å². The third kappa shape index (κ3) is 1.22. The Labute approximate surface area is 136 Å². The van der Waals surface area contributed by atoms with Gasteiger partial charge in [-0.05, 0) is 49.4 Å². The van der Waals surface area contributed by atoms with Gasteiger partial charge in [0.05, 0.1) is 11.3 Å². The largest absolute Gasteiger partial charge is 0.342 e. The van der Waals surface area contributed by atoms with Gasteiger partial charge in [0, 0.05) is 24.9 Å². The van der Waals surface area contributed by atoms with Crippen molar-refractivity contribution in [3.63, 3.8) is 0 Å². The lowest BCUT2D eigenvalue weighted by atomic mass is 9.47. The summed E-state index contributed by atoms with van der Waals surface area (Å²) in [6.45, 7) is 5.94. The molecular formula is C18H22ClNO2. The van der Waals surface area contributed by atoms with Gasteiger partial charge in [0.2, 0.25) is 5.91 Å². The molecule has 0 radical (unpaired) electrons. The predicted molar refractivity (Wildman–Crippen MR) is 83.3 cm³/mol. The number of rotatable bonds is 2. The molecular weight excluding hydrogens is 298 g/mol. The highest BCUT2D eigenvalue weighted by atomic mass is 35.5. The minimum atomic E-state index is -0.551. The lowest BCUT2D eigenvalue weighted by molar-refractivity contribution is -0.170. The van der Waals surface area contributed by atoms with Gasteiger partial charge in [0.25, 0.3) is 0 Å². The van der Waals surface area contributed by atoms with Crippen LogP contribution in [0, 0.1) is 40.9 Å². The highest BCUT2D eigenvalue weighted by molar-refractivity contribution is 6.21. The van der Waals surface area contributed by atoms with Crippen molar-refractivity contribution in [3.8, 4) is 0 Å². The van der Waals surface area contributed by atoms with Crippen LogP contribution >= 0.6 is 11.6 Å². The third-order valence-corrected chi connectivity index (χ3v) is 8.04. The minimum Gasteiger partial charge on any atom is -0.342 e. The Morgan fingerprint density at radius 1 is 1.32 bits per heavy atom. The fraction of sp³-hybridized carbons (Fsp3) is 0.778. The molecule has 5 fully saturated rings. The molecule has 4 aliphatic carbocycles. The molecule has 0 aromatic heterocycles. The number of amides is 1. The number of nitrogens with zero attached hydrogens (tertiary/aromatic N) is 1. The molecule has 0 aromatic carbocycles. The predicted octanol–water partition coefficient (Wildman–Crippen LogP) is 2.49. The minimum absolute atomic E-state index is 0.0177. The maximum atomic E-state index is 13.2. The van der Waals surface area contributed by atoms with Crippen LogP contribution in [0.3, 0.4) is 0 Å². The molecule has 0 aromatic rings. The second-order valence-electron chi connectivity index (χ2n) is 8.06. The van der Waals surface area contributed by atoms with Crippen LogP contribution < -0.4 is 0 Å². The maximum absolute atomic E-state index is 13.2. The molecule has 0 spiro atoms. The molecule has 5 rings (SSSR count). The Morgan fingerprint density at radius 3 is 2.73 bits per heavy atom. The summed E-state index contributed by atoms with van der Waals surface area (Å²) in [5.74, 6) is 2.24. The van der Waals surface area contributed by atoms with Crippen LogP contribution in [0.1, 0.15) is 25.7 Å². The molecule has 4 saturated carbocycles. The van der Waals surface area contributed by atoms with Gasteiger partial charge >= 0.3 is 0 Å². The molecule has 1 amide bonds. The topological polar surface area (TPSA) is 37.4 Å². The number of allylic oxidation sites excluding steroid dienone is 1. The van der Waals surface area contributed by atoms with E-state index in [9.17, 15) is 9.59 Å². The van der Waals surface area contributed by atoms with Gasteiger partial charge in [-0.15, -0.1) is 11.6 Å². The standard InChI is InChI=1S/C18H22ClNO2/c1-9-10-7-11-12(9)16(21)18(8-19)14(11)13(10)15(18)17(22)20-5-3-2-4-6-20/h10-15H,1-8H2. The van der Waals surface area contributed by atoms with Gasteiger partial charge in [0.1, 0.15) is 5.78 Å². The lowest BCUT2D eigenvalue weighted by Crippen LogP contribution is -2.64. The van der Waals surface area contributed by atoms with E-state index < -0.39 is 5.41 Å². The van der Waals surface area contributed by atoms with E-state index in [0.717, 1.165) is 37.9 Å². The summed E-state index contributed by atoms with van der Waals surface area (Å²) in [4.78, 5) is 28.3. The Bertz CT molecular complexity index is 596. The number of hydrogen-bond acceptors (Lipinski definition) is 2. The number of carbonyl (C=O) groups excluding carboxylic acids is 2. The number of alkyl halides is 1. The van der Waals surface area contributed by atoms with Crippen LogP contribution in [0.4, 0.5) is 0 Å². The van der Waals surface area contributed by atoms with E-state index in [1.807, 2.05) is 4.90 Å². The fourth-order valence-corrected chi connectivity index (χ4v) is 7.36. The summed E-state index contributed by atoms with van der Waals surface area (Å²) in [5, 5.41) is 0. The Kier molecular flexibility index (Phi) is 2.58. The molecule has 22 heavy (non-hydrogen) atoms. The molecule has 1 heterocycles. The van der Waals surface area contributed by atoms with Crippen LogP contribution in [-0.4, -0.2) is 35.6 Å². The van der Waals surface area contributed by atoms with E-state index in [1.54, 1.807) is 0 Å². The van der Waals surface area contributed by atoms with Crippen LogP contribution in [0.2, 0.25) is 0 Å². The highest BCUT2D eigenvalue weighted by Crippen LogP contribution is 2.80. The quantitative estimate of drug-likeness (QED) is 0.579. The van der Waals surface area contributed by atoms with E-state index in [4.69, 9.17) is 11.6 Å². The first kappa shape index (κ1) is 13.6. The second-order valence-corrected chi connectivity index (χ2v) is 8.33. The molecule has 118 valence electrons. The number of likely N-dealkylation sites (tertiary alicyclic amines) is 1. The van der Waals surface area contributed by atoms with Gasteiger partial charge in [0.15, 0.2) is 0 Å². The monoisotopic (exact) mass is 319 g/mol. The van der Waals surface area contributed by atoms with E-state index in [1.165, 1.54) is 6.42 Å². The van der Waals surface area contributed by atoms with Crippen molar-refractivity contribution in [2.24, 2.45) is 40.9 Å². The van der Waals surface area contributed by atoms with Crippen LogP contribution in [-0.2, 0) is 9.59 Å². The number of piperidine rings is 1. The number of ketones is 1. The zero-order valence-corrected chi connectivity index (χ0v) is 13.5. The van der Waals surface area contributed by atoms with Gasteiger partial charge < -0.3 is 4.90 Å². The van der Waals surface area contributed by atoms with Crippen molar-refractivity contribution >= 4 is 23.3 Å². The van der Waals surface area contributed by atoms with E-state index in [2.05, 4.69) is 6.58 Å². The van der Waals surface area contributed by atoms with E-state index in [0.29, 0.717) is 29.6 Å². The SMILES string of the molecule is C=C1C2CC3C1C(=O)C1(CCl)C(C(=O)N4CCCCC4)C2C31. The summed E-state index contributed by atoms with van der Waals surface area (Å²) in [7, 11) is 0. The smallest absolute Gasteiger partial charge is 0.227 e. The van der Waals surface area contributed by atoms with E-state index >= 15 is 0 Å². The first-order valence-electron chi connectivity index (χ1n) is 8.70. The fourth-order valence-electron chi connectivity index (χ4n) is 6.88. The number of halogens is 1. The maximum Gasteiger partial charge on any atom is 0.227 e. The highest BCUT2D eigenvalue weighted by Gasteiger charge is 2.83. The summed E-state index contributed by atoms with van der Waals surface area (Å²) < 4.78 is 0. The average Bonchev–Trinajstić information content (AvgIpc) is 3.03. The molecule has 5 aliphatic rings. The summed E-state index contributed by atoms with van der Waals surface area (Å²) in [6.07, 6.45) is 4.47. The van der Waals surface area contributed by atoms with Crippen LogP contribution in [0.15, 0.2) is 12.2 Å². The molecule has 0 N–H and O–H groups in total. The Balaban J connectivity index is 1.55. The van der Waals surface area contributed by atoms with Crippen LogP contribution in [0.5, 0.6) is 0 Å². The van der Waals surface area contributed by atoms with Gasteiger partial charge in [-0.1, -0.05) is 12.2 Å². The third-order valence-electron chi connectivity index (χ3n) is 7.60. The van der Waals surface area contributed by atoms with Crippen molar-refractivity contribution < 1.29 is 9.59 Å². The summed E-state index contributed by atoms with van der Waals surface area (Å²) >= 11 is 6.34. The van der Waals surface area contributed by atoms with Gasteiger partial charge in [-0.3, -0.25) is 9.59 Å². The molecule has 1 aliphatic heterocycles. The zero-order valence-electron chi connectivity index (χ0n) is 12.8. The first-order valence-corrected chi connectivity index (χ1v) is 9.24. The Morgan fingerprint density at radius 2 is 2.05 bits per heavy atom. The summed E-state index contributed by atoms with van der Waals surface area (Å²) in [5.41, 5.74) is 0.571. The van der Waals surface area contributed by atoms with E-state index in [-0.39, 0.29) is 23.5 Å². The molecule has 3 nitrogen and oxygen atoms in total. The van der Waals surface area contributed by atoms with Crippen molar-refractivity contribution in [2.45, 2.75) is 25.7 Å². The molecule has 2 bridgehead atoms. The van der Waals surface area contributed by atoms with Gasteiger partial charge in [-0.2, -0.15) is 0 Å². The van der Waals surface area contributed by atoms with Gasteiger partial charge in [-0.25, -0.2) is 0 Å². The second kappa shape index (κ2) is 4.17. The first-order chi connectivity index (χ1) is 10.6. The van der Waals surface area contributed by atoms with Crippen molar-refractivity contribution in [1.29, 1.82) is 0 Å². The number of Topliss-reactive ketones (excluding diaryl/α,β-unsaturated/α-hetero) is 1. The number of hydrogen-bond donors (Lipinski definition) is 0. The number of carbonyl (C=O) groups is 2. The van der Waals surface area contributed by atoms with Crippen molar-refractivity contribution in [2.75, 3.05) is 19.0 Å². The average molecular weight is 320 g/mol. The molecule has 1 saturated heterocycles.